The summed E-state index contributed by atoms with van der Waals surface area (Å²) in [7, 11) is 1.81. The molecule has 1 rings (SSSR count). The van der Waals surface area contributed by atoms with Crippen molar-refractivity contribution in [2.45, 2.75) is 25.4 Å². The fourth-order valence-electron chi connectivity index (χ4n) is 1.64. The van der Waals surface area contributed by atoms with Gasteiger partial charge in [-0.1, -0.05) is 0 Å². The van der Waals surface area contributed by atoms with E-state index in [4.69, 9.17) is 4.74 Å². The van der Waals surface area contributed by atoms with Crippen LogP contribution in [-0.2, 0) is 4.74 Å². The molecule has 3 heteroatoms. The number of hydrogen-bond donors (Lipinski definition) is 1. The third-order valence-electron chi connectivity index (χ3n) is 2.44. The lowest BCUT2D eigenvalue weighted by Crippen LogP contribution is -2.23. The first kappa shape index (κ1) is 10.4. The lowest BCUT2D eigenvalue weighted by atomic mass is 10.3. The fraction of sp³-hybridized carbons (Fsp3) is 1.00. The standard InChI is InChI=1S/C9H19NOS/c1-11-9-4-6-10(8-9)5-2-3-7-12/h9,12H,2-8H2,1H3. The van der Waals surface area contributed by atoms with Crippen LogP contribution in [0, 0.1) is 0 Å². The maximum Gasteiger partial charge on any atom is 0.0710 e. The van der Waals surface area contributed by atoms with E-state index >= 15 is 0 Å². The van der Waals surface area contributed by atoms with Gasteiger partial charge in [-0.15, -0.1) is 0 Å². The van der Waals surface area contributed by atoms with Crippen LogP contribution in [0.1, 0.15) is 19.3 Å². The second-order valence-corrected chi connectivity index (χ2v) is 3.82. The van der Waals surface area contributed by atoms with Crippen LogP contribution >= 0.6 is 12.6 Å². The van der Waals surface area contributed by atoms with Gasteiger partial charge >= 0.3 is 0 Å². The third kappa shape index (κ3) is 3.33. The van der Waals surface area contributed by atoms with Gasteiger partial charge in [-0.3, -0.25) is 0 Å². The molecule has 0 aromatic heterocycles. The van der Waals surface area contributed by atoms with Crippen LogP contribution in [0.15, 0.2) is 0 Å². The number of methoxy groups -OCH3 is 1. The van der Waals surface area contributed by atoms with Gasteiger partial charge in [0.1, 0.15) is 0 Å². The molecule has 0 N–H and O–H groups in total. The van der Waals surface area contributed by atoms with E-state index in [2.05, 4.69) is 17.5 Å². The molecule has 0 amide bonds. The summed E-state index contributed by atoms with van der Waals surface area (Å²) < 4.78 is 5.29. The van der Waals surface area contributed by atoms with Gasteiger partial charge in [0.15, 0.2) is 0 Å². The summed E-state index contributed by atoms with van der Waals surface area (Å²) in [6.07, 6.45) is 4.20. The molecule has 0 bridgehead atoms. The van der Waals surface area contributed by atoms with Crippen molar-refractivity contribution in [3.8, 4) is 0 Å². The summed E-state index contributed by atoms with van der Waals surface area (Å²) in [4.78, 5) is 2.48. The van der Waals surface area contributed by atoms with E-state index in [-0.39, 0.29) is 0 Å². The molecule has 0 spiro atoms. The smallest absolute Gasteiger partial charge is 0.0710 e. The Kier molecular flexibility index (Phi) is 5.04. The highest BCUT2D eigenvalue weighted by atomic mass is 32.1. The molecule has 0 saturated carbocycles. The van der Waals surface area contributed by atoms with Crippen LogP contribution < -0.4 is 0 Å². The largest absolute Gasteiger partial charge is 0.380 e. The van der Waals surface area contributed by atoms with Gasteiger partial charge in [-0.05, 0) is 31.6 Å². The van der Waals surface area contributed by atoms with Gasteiger partial charge < -0.3 is 9.64 Å². The Bertz CT molecular complexity index is 121. The molecule has 2 nitrogen and oxygen atoms in total. The molecule has 1 heterocycles. The van der Waals surface area contributed by atoms with Crippen molar-refractivity contribution >= 4 is 12.6 Å². The molecule has 12 heavy (non-hydrogen) atoms. The third-order valence-corrected chi connectivity index (χ3v) is 2.76. The normalized spacial score (nSPS) is 25.0. The molecule has 1 aliphatic heterocycles. The highest BCUT2D eigenvalue weighted by molar-refractivity contribution is 7.80. The molecular formula is C9H19NOS. The number of ether oxygens (including phenoxy) is 1. The molecule has 1 unspecified atom stereocenters. The molecule has 1 saturated heterocycles. The van der Waals surface area contributed by atoms with E-state index in [1.165, 1.54) is 32.4 Å². The zero-order valence-electron chi connectivity index (χ0n) is 7.83. The molecule has 1 atom stereocenters. The minimum atomic E-state index is 0.487. The Balaban J connectivity index is 2.03. The predicted octanol–water partition coefficient (Wildman–Crippen LogP) is 1.42. The first-order chi connectivity index (χ1) is 5.86. The highest BCUT2D eigenvalue weighted by Gasteiger charge is 2.20. The van der Waals surface area contributed by atoms with E-state index in [1.807, 2.05) is 7.11 Å². The number of hydrogen-bond acceptors (Lipinski definition) is 3. The van der Waals surface area contributed by atoms with Crippen molar-refractivity contribution in [3.63, 3.8) is 0 Å². The number of rotatable bonds is 5. The topological polar surface area (TPSA) is 12.5 Å². The second kappa shape index (κ2) is 5.84. The van der Waals surface area contributed by atoms with Crippen LogP contribution in [0.25, 0.3) is 0 Å². The molecule has 0 aliphatic carbocycles. The Labute approximate surface area is 80.7 Å². The average Bonchev–Trinajstić information content (AvgIpc) is 2.53. The quantitative estimate of drug-likeness (QED) is 0.519. The summed E-state index contributed by atoms with van der Waals surface area (Å²) in [6.45, 7) is 3.56. The highest BCUT2D eigenvalue weighted by Crippen LogP contribution is 2.12. The van der Waals surface area contributed by atoms with E-state index < -0.39 is 0 Å². The Morgan fingerprint density at radius 2 is 2.33 bits per heavy atom. The summed E-state index contributed by atoms with van der Waals surface area (Å²) in [5, 5.41) is 0. The van der Waals surface area contributed by atoms with Gasteiger partial charge in [-0.25, -0.2) is 0 Å². The van der Waals surface area contributed by atoms with Crippen molar-refractivity contribution in [2.24, 2.45) is 0 Å². The van der Waals surface area contributed by atoms with Crippen molar-refractivity contribution < 1.29 is 4.74 Å². The lowest BCUT2D eigenvalue weighted by Gasteiger charge is -2.14. The molecule has 0 radical (unpaired) electrons. The maximum absolute atomic E-state index is 5.29. The van der Waals surface area contributed by atoms with Gasteiger partial charge in [-0.2, -0.15) is 12.6 Å². The molecule has 72 valence electrons. The van der Waals surface area contributed by atoms with Crippen LogP contribution in [0.5, 0.6) is 0 Å². The van der Waals surface area contributed by atoms with Gasteiger partial charge in [0.05, 0.1) is 6.10 Å². The average molecular weight is 189 g/mol. The van der Waals surface area contributed by atoms with Crippen molar-refractivity contribution in [2.75, 3.05) is 32.5 Å². The number of likely N-dealkylation sites (tertiary alicyclic amines) is 1. The van der Waals surface area contributed by atoms with Crippen LogP contribution in [-0.4, -0.2) is 43.5 Å². The Hall–Kier alpha value is 0.270. The number of nitrogens with zero attached hydrogens (tertiary/aromatic N) is 1. The van der Waals surface area contributed by atoms with Gasteiger partial charge in [0, 0.05) is 20.2 Å². The van der Waals surface area contributed by atoms with Crippen LogP contribution in [0.2, 0.25) is 0 Å². The minimum Gasteiger partial charge on any atom is -0.380 e. The first-order valence-corrected chi connectivity index (χ1v) is 5.36. The summed E-state index contributed by atoms with van der Waals surface area (Å²) in [6, 6.07) is 0. The first-order valence-electron chi connectivity index (χ1n) is 4.73. The monoisotopic (exact) mass is 189 g/mol. The summed E-state index contributed by atoms with van der Waals surface area (Å²) >= 11 is 4.19. The zero-order chi connectivity index (χ0) is 8.81. The van der Waals surface area contributed by atoms with Crippen molar-refractivity contribution in [3.05, 3.63) is 0 Å². The zero-order valence-corrected chi connectivity index (χ0v) is 8.72. The van der Waals surface area contributed by atoms with E-state index in [0.29, 0.717) is 6.10 Å². The van der Waals surface area contributed by atoms with E-state index in [9.17, 15) is 0 Å². The van der Waals surface area contributed by atoms with E-state index in [0.717, 1.165) is 12.3 Å². The fourth-order valence-corrected chi connectivity index (χ4v) is 1.86. The number of unbranched alkanes of at least 4 members (excludes halogenated alkanes) is 1. The van der Waals surface area contributed by atoms with Crippen molar-refractivity contribution in [1.29, 1.82) is 0 Å². The van der Waals surface area contributed by atoms with E-state index in [1.54, 1.807) is 0 Å². The molecular weight excluding hydrogens is 170 g/mol. The summed E-state index contributed by atoms with van der Waals surface area (Å²) in [5.74, 6) is 1.02. The Morgan fingerprint density at radius 3 is 2.92 bits per heavy atom. The molecule has 1 fully saturated rings. The SMILES string of the molecule is COC1CCN(CCCCS)C1. The second-order valence-electron chi connectivity index (χ2n) is 3.38. The number of thiol groups is 1. The van der Waals surface area contributed by atoms with Crippen LogP contribution in [0.3, 0.4) is 0 Å². The lowest BCUT2D eigenvalue weighted by molar-refractivity contribution is 0.108. The molecule has 0 aromatic carbocycles. The van der Waals surface area contributed by atoms with Gasteiger partial charge in [0.2, 0.25) is 0 Å². The molecule has 1 aliphatic rings. The van der Waals surface area contributed by atoms with Crippen molar-refractivity contribution in [1.82, 2.24) is 4.90 Å². The predicted molar refractivity (Wildman–Crippen MR) is 54.9 cm³/mol. The maximum atomic E-state index is 5.29. The Morgan fingerprint density at radius 1 is 1.50 bits per heavy atom. The minimum absolute atomic E-state index is 0.487. The summed E-state index contributed by atoms with van der Waals surface area (Å²) in [5.41, 5.74) is 0. The van der Waals surface area contributed by atoms with Crippen LogP contribution in [0.4, 0.5) is 0 Å². The molecule has 0 aromatic rings. The van der Waals surface area contributed by atoms with Gasteiger partial charge in [0.25, 0.3) is 0 Å².